The molecule has 5 heteroatoms. The van der Waals surface area contributed by atoms with Crippen molar-refractivity contribution in [3.05, 3.63) is 29.1 Å². The number of aryl methyl sites for hydroxylation is 1. The van der Waals surface area contributed by atoms with Crippen LogP contribution in [0.15, 0.2) is 12.1 Å². The van der Waals surface area contributed by atoms with Crippen molar-refractivity contribution in [1.29, 1.82) is 0 Å². The molecule has 0 N–H and O–H groups in total. The lowest BCUT2D eigenvalue weighted by atomic mass is 9.99. The van der Waals surface area contributed by atoms with Crippen molar-refractivity contribution in [2.45, 2.75) is 44.8 Å². The number of hydrogen-bond donors (Lipinski definition) is 0. The summed E-state index contributed by atoms with van der Waals surface area (Å²) < 4.78 is 37.8. The van der Waals surface area contributed by atoms with Crippen LogP contribution in [0, 0.1) is 12.8 Å². The first-order chi connectivity index (χ1) is 9.27. The van der Waals surface area contributed by atoms with Gasteiger partial charge in [0, 0.05) is 11.7 Å². The second-order valence-electron chi connectivity index (χ2n) is 5.94. The van der Waals surface area contributed by atoms with E-state index in [1.165, 1.54) is 12.8 Å². The summed E-state index contributed by atoms with van der Waals surface area (Å²) in [7, 11) is 4.06. The summed E-state index contributed by atoms with van der Waals surface area (Å²) in [6.45, 7) is 1.66. The monoisotopic (exact) mass is 286 g/mol. The summed E-state index contributed by atoms with van der Waals surface area (Å²) in [5.41, 5.74) is 0.599. The molecule has 0 aliphatic heterocycles. The molecule has 1 aromatic heterocycles. The third-order valence-electron chi connectivity index (χ3n) is 3.97. The van der Waals surface area contributed by atoms with Gasteiger partial charge in [-0.15, -0.1) is 0 Å². The molecule has 20 heavy (non-hydrogen) atoms. The third-order valence-corrected chi connectivity index (χ3v) is 3.97. The summed E-state index contributed by atoms with van der Waals surface area (Å²) in [5, 5.41) is 0. The van der Waals surface area contributed by atoms with Gasteiger partial charge in [-0.2, -0.15) is 13.2 Å². The molecule has 1 aromatic rings. The van der Waals surface area contributed by atoms with E-state index >= 15 is 0 Å². The van der Waals surface area contributed by atoms with Gasteiger partial charge in [0.1, 0.15) is 5.69 Å². The first-order valence-corrected chi connectivity index (χ1v) is 6.97. The van der Waals surface area contributed by atoms with E-state index in [0.717, 1.165) is 30.4 Å². The zero-order valence-electron chi connectivity index (χ0n) is 12.2. The fraction of sp³-hybridized carbons (Fsp3) is 0.667. The molecule has 1 fully saturated rings. The van der Waals surface area contributed by atoms with Gasteiger partial charge >= 0.3 is 6.18 Å². The second-order valence-corrected chi connectivity index (χ2v) is 5.94. The van der Waals surface area contributed by atoms with E-state index in [1.54, 1.807) is 13.0 Å². The highest BCUT2D eigenvalue weighted by molar-refractivity contribution is 5.24. The van der Waals surface area contributed by atoms with E-state index in [2.05, 4.69) is 9.88 Å². The molecule has 1 aliphatic rings. The van der Waals surface area contributed by atoms with E-state index < -0.39 is 11.9 Å². The molecule has 1 atom stereocenters. The smallest absolute Gasteiger partial charge is 0.306 e. The number of alkyl halides is 3. The zero-order chi connectivity index (χ0) is 14.9. The third kappa shape index (κ3) is 3.95. The summed E-state index contributed by atoms with van der Waals surface area (Å²) in [5.74, 6) is 0.796. The van der Waals surface area contributed by atoms with Crippen molar-refractivity contribution in [3.63, 3.8) is 0 Å². The van der Waals surface area contributed by atoms with Gasteiger partial charge in [-0.25, -0.2) is 4.98 Å². The molecule has 1 saturated carbocycles. The maximum atomic E-state index is 12.6. The summed E-state index contributed by atoms with van der Waals surface area (Å²) in [6.07, 6.45) is 0.0926. The molecule has 0 bridgehead atoms. The maximum absolute atomic E-state index is 12.6. The lowest BCUT2D eigenvalue weighted by molar-refractivity contribution is -0.141. The predicted molar refractivity (Wildman–Crippen MR) is 72.5 cm³/mol. The molecule has 1 unspecified atom stereocenters. The van der Waals surface area contributed by atoms with E-state index in [-0.39, 0.29) is 0 Å². The summed E-state index contributed by atoms with van der Waals surface area (Å²) in [4.78, 5) is 5.87. The maximum Gasteiger partial charge on any atom is 0.433 e. The van der Waals surface area contributed by atoms with Gasteiger partial charge in [-0.1, -0.05) is 18.9 Å². The van der Waals surface area contributed by atoms with Crippen LogP contribution in [0.2, 0.25) is 0 Å². The Morgan fingerprint density at radius 1 is 1.30 bits per heavy atom. The average Bonchev–Trinajstić information content (AvgIpc) is 3.13. The first-order valence-electron chi connectivity index (χ1n) is 6.97. The number of nitrogens with zero attached hydrogens (tertiary/aromatic N) is 2. The Morgan fingerprint density at radius 2 is 1.95 bits per heavy atom. The number of likely N-dealkylation sites (N-methyl/N-ethyl adjacent to an activating group) is 1. The first kappa shape index (κ1) is 15.3. The van der Waals surface area contributed by atoms with Crippen molar-refractivity contribution < 1.29 is 13.2 Å². The minimum Gasteiger partial charge on any atom is -0.306 e. The van der Waals surface area contributed by atoms with E-state index in [9.17, 15) is 13.2 Å². The Morgan fingerprint density at radius 3 is 2.40 bits per heavy atom. The van der Waals surface area contributed by atoms with Crippen LogP contribution in [0.25, 0.3) is 0 Å². The molecule has 0 amide bonds. The Kier molecular flexibility index (Phi) is 4.37. The molecule has 0 spiro atoms. The van der Waals surface area contributed by atoms with Gasteiger partial charge < -0.3 is 4.90 Å². The molecule has 1 aliphatic carbocycles. The molecular weight excluding hydrogens is 265 g/mol. The minimum atomic E-state index is -4.36. The molecule has 0 radical (unpaired) electrons. The molecule has 0 saturated heterocycles. The molecular formula is C15H21F3N2. The molecule has 112 valence electrons. The predicted octanol–water partition coefficient (Wildman–Crippen LogP) is 3.68. The fourth-order valence-electron chi connectivity index (χ4n) is 2.43. The summed E-state index contributed by atoms with van der Waals surface area (Å²) in [6, 6.07) is 3.04. The SMILES string of the molecule is Cc1nc(C(F)(F)F)ccc1CC(CC1CC1)N(C)C. The lowest BCUT2D eigenvalue weighted by Crippen LogP contribution is -2.31. The number of aromatic nitrogens is 1. The highest BCUT2D eigenvalue weighted by Gasteiger charge is 2.33. The normalized spacial score (nSPS) is 17.6. The Bertz CT molecular complexity index is 465. The van der Waals surface area contributed by atoms with E-state index in [0.29, 0.717) is 11.7 Å². The highest BCUT2D eigenvalue weighted by Crippen LogP contribution is 2.35. The van der Waals surface area contributed by atoms with Crippen LogP contribution in [0.4, 0.5) is 13.2 Å². The van der Waals surface area contributed by atoms with Crippen LogP contribution in [0.1, 0.15) is 36.2 Å². The average molecular weight is 286 g/mol. The van der Waals surface area contributed by atoms with E-state index in [4.69, 9.17) is 0 Å². The molecule has 1 heterocycles. The van der Waals surface area contributed by atoms with Crippen molar-refractivity contribution >= 4 is 0 Å². The van der Waals surface area contributed by atoms with Gasteiger partial charge in [-0.05, 0) is 51.4 Å². The van der Waals surface area contributed by atoms with Crippen LogP contribution in [-0.4, -0.2) is 30.0 Å². The second kappa shape index (κ2) is 5.72. The number of rotatable bonds is 5. The van der Waals surface area contributed by atoms with Crippen molar-refractivity contribution in [2.24, 2.45) is 5.92 Å². The largest absolute Gasteiger partial charge is 0.433 e. The number of halogens is 3. The lowest BCUT2D eigenvalue weighted by Gasteiger charge is -2.25. The van der Waals surface area contributed by atoms with E-state index in [1.807, 2.05) is 14.1 Å². The van der Waals surface area contributed by atoms with Crippen LogP contribution >= 0.6 is 0 Å². The highest BCUT2D eigenvalue weighted by atomic mass is 19.4. The molecule has 2 rings (SSSR count). The fourth-order valence-corrected chi connectivity index (χ4v) is 2.43. The van der Waals surface area contributed by atoms with Crippen LogP contribution < -0.4 is 0 Å². The molecule has 0 aromatic carbocycles. The molecule has 2 nitrogen and oxygen atoms in total. The van der Waals surface area contributed by atoms with Gasteiger partial charge in [0.2, 0.25) is 0 Å². The van der Waals surface area contributed by atoms with Crippen LogP contribution in [0.5, 0.6) is 0 Å². The van der Waals surface area contributed by atoms with Crippen LogP contribution in [0.3, 0.4) is 0 Å². The quantitative estimate of drug-likeness (QED) is 0.821. The van der Waals surface area contributed by atoms with Gasteiger partial charge in [0.25, 0.3) is 0 Å². The number of pyridine rings is 1. The standard InChI is InChI=1S/C15H21F3N2/c1-10-12(6-7-14(19-10)15(16,17)18)9-13(20(2)3)8-11-4-5-11/h6-7,11,13H,4-5,8-9H2,1-3H3. The van der Waals surface area contributed by atoms with Gasteiger partial charge in [0.15, 0.2) is 0 Å². The van der Waals surface area contributed by atoms with Crippen LogP contribution in [-0.2, 0) is 12.6 Å². The Labute approximate surface area is 118 Å². The minimum absolute atomic E-state index is 0.375. The Hall–Kier alpha value is -1.10. The van der Waals surface area contributed by atoms with Gasteiger partial charge in [-0.3, -0.25) is 0 Å². The van der Waals surface area contributed by atoms with Gasteiger partial charge in [0.05, 0.1) is 0 Å². The van der Waals surface area contributed by atoms with Crippen molar-refractivity contribution in [1.82, 2.24) is 9.88 Å². The van der Waals surface area contributed by atoms with Crippen molar-refractivity contribution in [3.8, 4) is 0 Å². The summed E-state index contributed by atoms with van der Waals surface area (Å²) >= 11 is 0. The Balaban J connectivity index is 2.11. The topological polar surface area (TPSA) is 16.1 Å². The zero-order valence-corrected chi connectivity index (χ0v) is 12.2. The van der Waals surface area contributed by atoms with Crippen molar-refractivity contribution in [2.75, 3.05) is 14.1 Å². The number of hydrogen-bond acceptors (Lipinski definition) is 2.